The number of H-pyrrole nitrogens is 1. The molecular formula is C21H20FN5O2. The zero-order valence-corrected chi connectivity index (χ0v) is 15.9. The number of hydrogen-bond acceptors (Lipinski definition) is 6. The standard InChI is InChI=1S/C21H20FN5O2/c1-28-14-3-5-18-15(11-14)16-12-23-26-20(16)21(24-18)25-19-4-2-13(10-17(19)22)27-6-8-29-9-7-27/h2-5,10-12H,6-9H2,1H3,(H,23,26)(H,24,25). The van der Waals surface area contributed by atoms with Crippen molar-refractivity contribution in [3.05, 3.63) is 48.4 Å². The Labute approximate surface area is 166 Å². The van der Waals surface area contributed by atoms with Gasteiger partial charge in [-0.05, 0) is 36.4 Å². The van der Waals surface area contributed by atoms with Crippen LogP contribution in [0.25, 0.3) is 21.8 Å². The van der Waals surface area contributed by atoms with Gasteiger partial charge in [0.25, 0.3) is 0 Å². The molecule has 2 N–H and O–H groups in total. The minimum absolute atomic E-state index is 0.335. The molecule has 0 radical (unpaired) electrons. The Kier molecular flexibility index (Phi) is 4.40. The predicted octanol–water partition coefficient (Wildman–Crippen LogP) is 3.84. The van der Waals surface area contributed by atoms with Crippen LogP contribution in [0.4, 0.5) is 21.6 Å². The van der Waals surface area contributed by atoms with E-state index in [2.05, 4.69) is 25.4 Å². The molecule has 1 fully saturated rings. The van der Waals surface area contributed by atoms with E-state index in [0.717, 1.165) is 40.8 Å². The molecule has 1 aliphatic heterocycles. The highest BCUT2D eigenvalue weighted by molar-refractivity contribution is 6.09. The number of aromatic nitrogens is 3. The van der Waals surface area contributed by atoms with Crippen LogP contribution in [-0.2, 0) is 4.74 Å². The molecule has 148 valence electrons. The first-order valence-electron chi connectivity index (χ1n) is 9.43. The Balaban J connectivity index is 1.52. The SMILES string of the molecule is COc1ccc2nc(Nc3ccc(N4CCOCC4)cc3F)c3[nH]ncc3c2c1. The number of pyridine rings is 1. The lowest BCUT2D eigenvalue weighted by atomic mass is 10.1. The van der Waals surface area contributed by atoms with Crippen LogP contribution in [0.1, 0.15) is 0 Å². The topological polar surface area (TPSA) is 75.3 Å². The van der Waals surface area contributed by atoms with E-state index in [1.165, 1.54) is 0 Å². The second kappa shape index (κ2) is 7.21. The van der Waals surface area contributed by atoms with Gasteiger partial charge >= 0.3 is 0 Å². The fourth-order valence-corrected chi connectivity index (χ4v) is 3.64. The van der Waals surface area contributed by atoms with Crippen LogP contribution in [0.2, 0.25) is 0 Å². The van der Waals surface area contributed by atoms with Gasteiger partial charge in [-0.3, -0.25) is 5.10 Å². The molecule has 29 heavy (non-hydrogen) atoms. The zero-order valence-electron chi connectivity index (χ0n) is 15.9. The number of aromatic amines is 1. The summed E-state index contributed by atoms with van der Waals surface area (Å²) in [6.07, 6.45) is 1.74. The van der Waals surface area contributed by atoms with Crippen molar-refractivity contribution < 1.29 is 13.9 Å². The fraction of sp³-hybridized carbons (Fsp3) is 0.238. The minimum atomic E-state index is -0.335. The summed E-state index contributed by atoms with van der Waals surface area (Å²) in [5.41, 5.74) is 2.69. The summed E-state index contributed by atoms with van der Waals surface area (Å²) in [5.74, 6) is 0.929. The third-order valence-corrected chi connectivity index (χ3v) is 5.18. The van der Waals surface area contributed by atoms with E-state index >= 15 is 0 Å². The van der Waals surface area contributed by atoms with Crippen molar-refractivity contribution in [2.75, 3.05) is 43.6 Å². The highest BCUT2D eigenvalue weighted by Gasteiger charge is 2.16. The van der Waals surface area contributed by atoms with Crippen LogP contribution in [0.3, 0.4) is 0 Å². The number of morpholine rings is 1. The Morgan fingerprint density at radius 3 is 2.79 bits per heavy atom. The van der Waals surface area contributed by atoms with Gasteiger partial charge in [-0.1, -0.05) is 0 Å². The van der Waals surface area contributed by atoms with E-state index in [9.17, 15) is 4.39 Å². The van der Waals surface area contributed by atoms with Crippen LogP contribution in [0.15, 0.2) is 42.6 Å². The molecule has 0 amide bonds. The van der Waals surface area contributed by atoms with Crippen molar-refractivity contribution in [2.45, 2.75) is 0 Å². The highest BCUT2D eigenvalue weighted by Crippen LogP contribution is 2.32. The van der Waals surface area contributed by atoms with Gasteiger partial charge in [0.1, 0.15) is 17.1 Å². The van der Waals surface area contributed by atoms with Crippen molar-refractivity contribution in [3.63, 3.8) is 0 Å². The second-order valence-electron chi connectivity index (χ2n) is 6.89. The van der Waals surface area contributed by atoms with E-state index in [0.29, 0.717) is 30.2 Å². The van der Waals surface area contributed by atoms with Crippen molar-refractivity contribution in [3.8, 4) is 5.75 Å². The largest absolute Gasteiger partial charge is 0.497 e. The van der Waals surface area contributed by atoms with E-state index in [1.54, 1.807) is 25.4 Å². The summed E-state index contributed by atoms with van der Waals surface area (Å²) in [4.78, 5) is 6.78. The van der Waals surface area contributed by atoms with Gasteiger partial charge in [0.2, 0.25) is 0 Å². The first kappa shape index (κ1) is 17.7. The summed E-state index contributed by atoms with van der Waals surface area (Å²) in [6.45, 7) is 2.84. The number of fused-ring (bicyclic) bond motifs is 3. The maximum absolute atomic E-state index is 14.8. The van der Waals surface area contributed by atoms with E-state index in [1.807, 2.05) is 24.3 Å². The number of halogens is 1. The number of ether oxygens (including phenoxy) is 2. The maximum atomic E-state index is 14.8. The lowest BCUT2D eigenvalue weighted by Crippen LogP contribution is -2.36. The number of methoxy groups -OCH3 is 1. The van der Waals surface area contributed by atoms with Gasteiger partial charge in [-0.15, -0.1) is 0 Å². The summed E-state index contributed by atoms with van der Waals surface area (Å²) in [5, 5.41) is 12.0. The zero-order chi connectivity index (χ0) is 19.8. The average Bonchev–Trinajstić information content (AvgIpc) is 3.26. The van der Waals surface area contributed by atoms with Crippen molar-refractivity contribution in [1.29, 1.82) is 0 Å². The quantitative estimate of drug-likeness (QED) is 0.549. The molecule has 0 bridgehead atoms. The molecule has 7 nitrogen and oxygen atoms in total. The van der Waals surface area contributed by atoms with Gasteiger partial charge in [-0.25, -0.2) is 9.37 Å². The molecule has 1 aliphatic rings. The Bertz CT molecular complexity index is 1190. The summed E-state index contributed by atoms with van der Waals surface area (Å²) < 4.78 is 25.5. The third kappa shape index (κ3) is 3.21. The summed E-state index contributed by atoms with van der Waals surface area (Å²) in [6, 6.07) is 10.8. The second-order valence-corrected chi connectivity index (χ2v) is 6.89. The number of hydrogen-bond donors (Lipinski definition) is 2. The fourth-order valence-electron chi connectivity index (χ4n) is 3.64. The average molecular weight is 393 g/mol. The number of rotatable bonds is 4. The molecule has 0 aliphatic carbocycles. The first-order valence-corrected chi connectivity index (χ1v) is 9.43. The maximum Gasteiger partial charge on any atom is 0.157 e. The van der Waals surface area contributed by atoms with Gasteiger partial charge in [-0.2, -0.15) is 5.10 Å². The van der Waals surface area contributed by atoms with Gasteiger partial charge in [0.05, 0.1) is 37.7 Å². The molecule has 0 unspecified atom stereocenters. The van der Waals surface area contributed by atoms with Crippen molar-refractivity contribution >= 4 is 39.0 Å². The van der Waals surface area contributed by atoms with Crippen LogP contribution in [0.5, 0.6) is 5.75 Å². The van der Waals surface area contributed by atoms with Crippen LogP contribution >= 0.6 is 0 Å². The van der Waals surface area contributed by atoms with E-state index in [4.69, 9.17) is 9.47 Å². The minimum Gasteiger partial charge on any atom is -0.497 e. The smallest absolute Gasteiger partial charge is 0.157 e. The number of nitrogens with one attached hydrogen (secondary N) is 2. The number of nitrogens with zero attached hydrogens (tertiary/aromatic N) is 3. The molecule has 0 spiro atoms. The lowest BCUT2D eigenvalue weighted by molar-refractivity contribution is 0.122. The number of benzene rings is 2. The molecule has 8 heteroatoms. The van der Waals surface area contributed by atoms with Crippen LogP contribution in [0, 0.1) is 5.82 Å². The predicted molar refractivity (Wildman–Crippen MR) is 111 cm³/mol. The first-order chi connectivity index (χ1) is 14.2. The van der Waals surface area contributed by atoms with Gasteiger partial charge < -0.3 is 19.7 Å². The normalized spacial score (nSPS) is 14.5. The summed E-state index contributed by atoms with van der Waals surface area (Å²) in [7, 11) is 1.63. The van der Waals surface area contributed by atoms with Crippen molar-refractivity contribution in [1.82, 2.24) is 15.2 Å². The molecule has 1 saturated heterocycles. The highest BCUT2D eigenvalue weighted by atomic mass is 19.1. The van der Waals surface area contributed by atoms with E-state index < -0.39 is 0 Å². The van der Waals surface area contributed by atoms with Crippen molar-refractivity contribution in [2.24, 2.45) is 0 Å². The van der Waals surface area contributed by atoms with Crippen LogP contribution < -0.4 is 15.0 Å². The Hall–Kier alpha value is -3.39. The lowest BCUT2D eigenvalue weighted by Gasteiger charge is -2.29. The molecule has 2 aromatic heterocycles. The molecule has 0 atom stereocenters. The molecular weight excluding hydrogens is 373 g/mol. The summed E-state index contributed by atoms with van der Waals surface area (Å²) >= 11 is 0. The molecule has 3 heterocycles. The van der Waals surface area contributed by atoms with Crippen LogP contribution in [-0.4, -0.2) is 48.6 Å². The van der Waals surface area contributed by atoms with Gasteiger partial charge in [0.15, 0.2) is 5.82 Å². The molecule has 4 aromatic rings. The monoisotopic (exact) mass is 393 g/mol. The molecule has 2 aromatic carbocycles. The number of anilines is 3. The Morgan fingerprint density at radius 2 is 2.00 bits per heavy atom. The third-order valence-electron chi connectivity index (χ3n) is 5.18. The molecule has 5 rings (SSSR count). The van der Waals surface area contributed by atoms with E-state index in [-0.39, 0.29) is 5.82 Å². The van der Waals surface area contributed by atoms with Gasteiger partial charge in [0, 0.05) is 29.5 Å². The Morgan fingerprint density at radius 1 is 1.14 bits per heavy atom. The molecule has 0 saturated carbocycles.